The van der Waals surface area contributed by atoms with Gasteiger partial charge in [0.05, 0.1) is 5.56 Å². The molecule has 1 nitrogen and oxygen atoms in total. The second kappa shape index (κ2) is 4.35. The van der Waals surface area contributed by atoms with Crippen molar-refractivity contribution in [2.75, 3.05) is 0 Å². The third-order valence-electron chi connectivity index (χ3n) is 2.29. The number of carbonyl (C=O) groups excluding carboxylic acids is 1. The molecule has 88 valence electrons. The monoisotopic (exact) mass is 256 g/mol. The molecule has 0 fully saturated rings. The third kappa shape index (κ3) is 2.57. The van der Waals surface area contributed by atoms with Crippen LogP contribution in [-0.4, -0.2) is 5.94 Å². The van der Waals surface area contributed by atoms with Crippen LogP contribution in [0.3, 0.4) is 0 Å². The fraction of sp³-hybridized carbons (Fsp3) is 0.167. The number of benzene rings is 1. The summed E-state index contributed by atoms with van der Waals surface area (Å²) in [5, 5.41) is 0.761. The van der Waals surface area contributed by atoms with Gasteiger partial charge in [-0.15, -0.1) is 11.3 Å². The maximum atomic E-state index is 12.5. The molecule has 5 heteroatoms. The molecule has 0 saturated carbocycles. The van der Waals surface area contributed by atoms with Gasteiger partial charge >= 0.3 is 6.18 Å². The van der Waals surface area contributed by atoms with Crippen LogP contribution in [0.2, 0.25) is 0 Å². The minimum atomic E-state index is -4.32. The van der Waals surface area contributed by atoms with E-state index in [4.69, 9.17) is 0 Å². The van der Waals surface area contributed by atoms with Gasteiger partial charge in [0.2, 0.25) is 0 Å². The Balaban J connectivity index is 2.44. The van der Waals surface area contributed by atoms with E-state index in [1.165, 1.54) is 23.5 Å². The number of alkyl halides is 3. The summed E-state index contributed by atoms with van der Waals surface area (Å²) in [5.74, 6) is 1.65. The van der Waals surface area contributed by atoms with E-state index in [1.54, 1.807) is 12.0 Å². The van der Waals surface area contributed by atoms with Crippen LogP contribution in [0.5, 0.6) is 0 Å². The first-order valence-electron chi connectivity index (χ1n) is 4.80. The summed E-state index contributed by atoms with van der Waals surface area (Å²) in [7, 11) is 0. The van der Waals surface area contributed by atoms with Gasteiger partial charge < -0.3 is 0 Å². The molecule has 0 N–H and O–H groups in total. The predicted molar refractivity (Wildman–Crippen MR) is 60.8 cm³/mol. The molecular weight excluding hydrogens is 249 g/mol. The highest BCUT2D eigenvalue weighted by atomic mass is 32.1. The topological polar surface area (TPSA) is 17.1 Å². The maximum Gasteiger partial charge on any atom is 0.416 e. The zero-order valence-corrected chi connectivity index (χ0v) is 9.36. The molecule has 0 spiro atoms. The SMILES string of the molecule is O=C=CCc1cc2ccc(C(F)(F)F)cc2s1. The van der Waals surface area contributed by atoms with Crippen molar-refractivity contribution in [2.45, 2.75) is 12.6 Å². The molecule has 0 aliphatic heterocycles. The minimum Gasteiger partial charge on any atom is -0.234 e. The molecule has 0 aliphatic rings. The van der Waals surface area contributed by atoms with E-state index in [0.717, 1.165) is 22.4 Å². The number of halogens is 3. The minimum absolute atomic E-state index is 0.407. The van der Waals surface area contributed by atoms with Crippen molar-refractivity contribution in [1.82, 2.24) is 0 Å². The van der Waals surface area contributed by atoms with E-state index in [0.29, 0.717) is 11.1 Å². The van der Waals surface area contributed by atoms with Crippen molar-refractivity contribution >= 4 is 27.4 Å². The molecule has 17 heavy (non-hydrogen) atoms. The Labute approximate surface area is 99.2 Å². The van der Waals surface area contributed by atoms with E-state index in [9.17, 15) is 18.0 Å². The van der Waals surface area contributed by atoms with E-state index >= 15 is 0 Å². The Bertz CT molecular complexity index is 591. The van der Waals surface area contributed by atoms with Crippen LogP contribution in [0.1, 0.15) is 10.4 Å². The number of hydrogen-bond donors (Lipinski definition) is 0. The Morgan fingerprint density at radius 2 is 2.06 bits per heavy atom. The van der Waals surface area contributed by atoms with Crippen LogP contribution >= 0.6 is 11.3 Å². The second-order valence-electron chi connectivity index (χ2n) is 3.49. The predicted octanol–water partition coefficient (Wildman–Crippen LogP) is 3.85. The Morgan fingerprint density at radius 1 is 1.29 bits per heavy atom. The smallest absolute Gasteiger partial charge is 0.234 e. The van der Waals surface area contributed by atoms with Crippen LogP contribution in [0.15, 0.2) is 30.3 Å². The highest BCUT2D eigenvalue weighted by Crippen LogP contribution is 2.34. The molecule has 2 aromatic rings. The van der Waals surface area contributed by atoms with E-state index in [1.807, 2.05) is 0 Å². The molecule has 0 bridgehead atoms. The van der Waals surface area contributed by atoms with Crippen LogP contribution in [0, 0.1) is 0 Å². The standard InChI is InChI=1S/C12H7F3OS/c13-12(14,15)9-4-3-8-6-10(2-1-5-16)17-11(8)7-9/h1,3-4,6-7H,2H2. The lowest BCUT2D eigenvalue weighted by atomic mass is 10.1. The van der Waals surface area contributed by atoms with Gasteiger partial charge in [0.1, 0.15) is 5.94 Å². The molecule has 0 radical (unpaired) electrons. The average molecular weight is 256 g/mol. The lowest BCUT2D eigenvalue weighted by molar-refractivity contribution is -0.137. The Hall–Kier alpha value is -1.58. The van der Waals surface area contributed by atoms with Crippen molar-refractivity contribution < 1.29 is 18.0 Å². The summed E-state index contributed by atoms with van der Waals surface area (Å²) >= 11 is 1.26. The number of hydrogen-bond acceptors (Lipinski definition) is 2. The van der Waals surface area contributed by atoms with Crippen molar-refractivity contribution in [1.29, 1.82) is 0 Å². The fourth-order valence-corrected chi connectivity index (χ4v) is 2.57. The molecular formula is C12H7F3OS. The normalized spacial score (nSPS) is 11.5. The first-order chi connectivity index (χ1) is 8.00. The van der Waals surface area contributed by atoms with E-state index < -0.39 is 11.7 Å². The first kappa shape index (κ1) is 11.9. The lowest BCUT2D eigenvalue weighted by Gasteiger charge is -2.05. The van der Waals surface area contributed by atoms with Crippen molar-refractivity contribution in [3.8, 4) is 0 Å². The van der Waals surface area contributed by atoms with Gasteiger partial charge in [0.25, 0.3) is 0 Å². The van der Waals surface area contributed by atoms with Gasteiger partial charge in [-0.25, -0.2) is 4.79 Å². The zero-order chi connectivity index (χ0) is 12.5. The summed E-state index contributed by atoms with van der Waals surface area (Å²) in [6.07, 6.45) is -2.60. The van der Waals surface area contributed by atoms with E-state index in [2.05, 4.69) is 0 Å². The molecule has 1 aromatic carbocycles. The quantitative estimate of drug-likeness (QED) is 0.746. The highest BCUT2D eigenvalue weighted by Gasteiger charge is 2.30. The van der Waals surface area contributed by atoms with Crippen molar-refractivity contribution in [3.05, 3.63) is 40.8 Å². The summed E-state index contributed by atoms with van der Waals surface area (Å²) in [6, 6.07) is 5.43. The number of fused-ring (bicyclic) bond motifs is 1. The number of thiophene rings is 1. The average Bonchev–Trinajstić information content (AvgIpc) is 2.66. The molecule has 1 aromatic heterocycles. The maximum absolute atomic E-state index is 12.5. The highest BCUT2D eigenvalue weighted by molar-refractivity contribution is 7.19. The van der Waals surface area contributed by atoms with Gasteiger partial charge in [0.15, 0.2) is 0 Å². The van der Waals surface area contributed by atoms with Crippen LogP contribution < -0.4 is 0 Å². The molecule has 1 heterocycles. The van der Waals surface area contributed by atoms with E-state index in [-0.39, 0.29) is 0 Å². The van der Waals surface area contributed by atoms with Crippen LogP contribution in [0.4, 0.5) is 13.2 Å². The third-order valence-corrected chi connectivity index (χ3v) is 3.41. The number of rotatable bonds is 2. The van der Waals surface area contributed by atoms with Crippen molar-refractivity contribution in [2.24, 2.45) is 0 Å². The summed E-state index contributed by atoms with van der Waals surface area (Å²) in [5.41, 5.74) is -0.649. The van der Waals surface area contributed by atoms with Gasteiger partial charge in [-0.2, -0.15) is 13.2 Å². The fourth-order valence-electron chi connectivity index (χ4n) is 1.51. The Morgan fingerprint density at radius 3 is 2.71 bits per heavy atom. The van der Waals surface area contributed by atoms with Crippen molar-refractivity contribution in [3.63, 3.8) is 0 Å². The van der Waals surface area contributed by atoms with Crippen LogP contribution in [-0.2, 0) is 17.4 Å². The molecule has 2 rings (SSSR count). The van der Waals surface area contributed by atoms with Gasteiger partial charge in [0, 0.05) is 22.1 Å². The van der Waals surface area contributed by atoms with Crippen LogP contribution in [0.25, 0.3) is 10.1 Å². The Kier molecular flexibility index (Phi) is 3.05. The summed E-state index contributed by atoms with van der Waals surface area (Å²) < 4.78 is 38.0. The second-order valence-corrected chi connectivity index (χ2v) is 4.66. The first-order valence-corrected chi connectivity index (χ1v) is 5.61. The van der Waals surface area contributed by atoms with Gasteiger partial charge in [-0.05, 0) is 23.6 Å². The molecule has 0 saturated heterocycles. The zero-order valence-electron chi connectivity index (χ0n) is 8.54. The number of allylic oxidation sites excluding steroid dienone is 1. The largest absolute Gasteiger partial charge is 0.416 e. The molecule has 0 amide bonds. The summed E-state index contributed by atoms with van der Waals surface area (Å²) in [4.78, 5) is 10.9. The molecule has 0 atom stereocenters. The summed E-state index contributed by atoms with van der Waals surface area (Å²) in [6.45, 7) is 0. The molecule has 0 unspecified atom stereocenters. The lowest BCUT2D eigenvalue weighted by Crippen LogP contribution is -2.03. The molecule has 0 aliphatic carbocycles. The van der Waals surface area contributed by atoms with Gasteiger partial charge in [-0.3, -0.25) is 0 Å². The van der Waals surface area contributed by atoms with Gasteiger partial charge in [-0.1, -0.05) is 6.07 Å².